The summed E-state index contributed by atoms with van der Waals surface area (Å²) in [5.41, 5.74) is 0. The van der Waals surface area contributed by atoms with E-state index in [4.69, 9.17) is 0 Å². The van der Waals surface area contributed by atoms with Crippen molar-refractivity contribution in [1.29, 1.82) is 0 Å². The summed E-state index contributed by atoms with van der Waals surface area (Å²) >= 11 is 3.55. The van der Waals surface area contributed by atoms with Crippen LogP contribution in [0.25, 0.3) is 0 Å². The Morgan fingerprint density at radius 1 is 1.38 bits per heavy atom. The lowest BCUT2D eigenvalue weighted by Crippen LogP contribution is -2.41. The molecule has 0 aromatic heterocycles. The Labute approximate surface area is 91.0 Å². The van der Waals surface area contributed by atoms with E-state index in [0.29, 0.717) is 0 Å². The molecule has 0 spiro atoms. The summed E-state index contributed by atoms with van der Waals surface area (Å²) in [7, 11) is 0. The van der Waals surface area contributed by atoms with E-state index < -0.39 is 0 Å². The first-order valence-electron chi connectivity index (χ1n) is 5.54. The van der Waals surface area contributed by atoms with Gasteiger partial charge in [0.25, 0.3) is 0 Å². The first-order chi connectivity index (χ1) is 6.24. The van der Waals surface area contributed by atoms with Crippen molar-refractivity contribution in [2.24, 2.45) is 5.92 Å². The van der Waals surface area contributed by atoms with Crippen molar-refractivity contribution in [3.05, 3.63) is 0 Å². The molecule has 0 bridgehead atoms. The summed E-state index contributed by atoms with van der Waals surface area (Å²) in [4.78, 5) is 2.69. The van der Waals surface area contributed by atoms with Crippen molar-refractivity contribution in [3.8, 4) is 0 Å². The first kappa shape index (κ1) is 11.5. The van der Waals surface area contributed by atoms with Crippen molar-refractivity contribution in [1.82, 2.24) is 4.90 Å². The van der Waals surface area contributed by atoms with Crippen LogP contribution in [0.15, 0.2) is 0 Å². The van der Waals surface area contributed by atoms with Crippen molar-refractivity contribution in [2.45, 2.75) is 45.6 Å². The minimum atomic E-state index is 0.816. The maximum Gasteiger partial charge on any atom is 0.0103 e. The number of hydrogen-bond donors (Lipinski definition) is 0. The molecule has 1 atom stereocenters. The summed E-state index contributed by atoms with van der Waals surface area (Å²) in [6.07, 6.45) is 5.59. The number of rotatable bonds is 4. The van der Waals surface area contributed by atoms with Crippen molar-refractivity contribution in [3.63, 3.8) is 0 Å². The zero-order valence-electron chi connectivity index (χ0n) is 8.93. The molecule has 0 saturated carbocycles. The van der Waals surface area contributed by atoms with Crippen LogP contribution in [-0.2, 0) is 0 Å². The Morgan fingerprint density at radius 3 is 2.77 bits per heavy atom. The zero-order valence-corrected chi connectivity index (χ0v) is 10.5. The third kappa shape index (κ3) is 3.99. The number of alkyl halides is 1. The van der Waals surface area contributed by atoms with Gasteiger partial charge in [0.15, 0.2) is 0 Å². The van der Waals surface area contributed by atoms with Gasteiger partial charge in [-0.1, -0.05) is 36.2 Å². The average Bonchev–Trinajstić information content (AvgIpc) is 2.08. The molecule has 2 heteroatoms. The molecule has 0 radical (unpaired) electrons. The summed E-state index contributed by atoms with van der Waals surface area (Å²) < 4.78 is 0. The van der Waals surface area contributed by atoms with E-state index in [0.717, 1.165) is 17.3 Å². The molecule has 1 aliphatic rings. The molecule has 0 N–H and O–H groups in total. The van der Waals surface area contributed by atoms with Crippen molar-refractivity contribution in [2.75, 3.05) is 18.4 Å². The molecule has 1 fully saturated rings. The Balaban J connectivity index is 2.36. The quantitative estimate of drug-likeness (QED) is 0.690. The second-order valence-corrected chi connectivity index (χ2v) is 5.31. The van der Waals surface area contributed by atoms with Gasteiger partial charge in [-0.25, -0.2) is 0 Å². The maximum absolute atomic E-state index is 3.55. The molecule has 0 aliphatic carbocycles. The van der Waals surface area contributed by atoms with Gasteiger partial charge in [0.2, 0.25) is 0 Å². The van der Waals surface area contributed by atoms with Gasteiger partial charge in [-0.15, -0.1) is 0 Å². The third-order valence-electron chi connectivity index (χ3n) is 2.79. The highest BCUT2D eigenvalue weighted by atomic mass is 79.9. The smallest absolute Gasteiger partial charge is 0.0103 e. The topological polar surface area (TPSA) is 3.24 Å². The van der Waals surface area contributed by atoms with Gasteiger partial charge in [-0.05, 0) is 31.7 Å². The third-order valence-corrected chi connectivity index (χ3v) is 3.25. The Bertz CT molecular complexity index is 134. The molecular weight excluding hydrogens is 226 g/mol. The normalized spacial score (nSPS) is 25.4. The summed E-state index contributed by atoms with van der Waals surface area (Å²) in [6, 6.07) is 0.857. The highest BCUT2D eigenvalue weighted by molar-refractivity contribution is 9.09. The summed E-state index contributed by atoms with van der Waals surface area (Å²) in [5, 5.41) is 1.16. The minimum Gasteiger partial charge on any atom is -0.300 e. The van der Waals surface area contributed by atoms with Gasteiger partial charge < -0.3 is 4.90 Å². The molecule has 1 saturated heterocycles. The van der Waals surface area contributed by atoms with Gasteiger partial charge in [0.05, 0.1) is 0 Å². The number of halogens is 1. The van der Waals surface area contributed by atoms with E-state index in [9.17, 15) is 0 Å². The molecule has 0 aromatic carbocycles. The van der Waals surface area contributed by atoms with Crippen LogP contribution in [0.4, 0.5) is 0 Å². The van der Waals surface area contributed by atoms with Crippen LogP contribution in [0.5, 0.6) is 0 Å². The van der Waals surface area contributed by atoms with Gasteiger partial charge in [0.1, 0.15) is 0 Å². The van der Waals surface area contributed by atoms with Crippen LogP contribution >= 0.6 is 15.9 Å². The van der Waals surface area contributed by atoms with E-state index in [2.05, 4.69) is 34.7 Å². The lowest BCUT2D eigenvalue weighted by molar-refractivity contribution is 0.129. The number of nitrogens with zero attached hydrogens (tertiary/aromatic N) is 1. The fourth-order valence-corrected chi connectivity index (χ4v) is 2.75. The minimum absolute atomic E-state index is 0.816. The second-order valence-electron chi connectivity index (χ2n) is 4.52. The van der Waals surface area contributed by atoms with Crippen LogP contribution in [0.3, 0.4) is 0 Å². The van der Waals surface area contributed by atoms with Crippen LogP contribution in [0, 0.1) is 5.92 Å². The molecular formula is C11H22BrN. The fourth-order valence-electron chi connectivity index (χ4n) is 2.22. The lowest BCUT2D eigenvalue weighted by atomic mass is 9.99. The predicted octanol–water partition coefficient (Wildman–Crippen LogP) is 3.28. The Kier molecular flexibility index (Phi) is 5.34. The molecule has 1 rings (SSSR count). The van der Waals surface area contributed by atoms with Crippen LogP contribution in [-0.4, -0.2) is 29.4 Å². The summed E-state index contributed by atoms with van der Waals surface area (Å²) in [6.45, 7) is 7.26. The van der Waals surface area contributed by atoms with Gasteiger partial charge in [-0.2, -0.15) is 0 Å². The van der Waals surface area contributed by atoms with E-state index in [1.54, 1.807) is 0 Å². The molecule has 0 aromatic rings. The predicted molar refractivity (Wildman–Crippen MR) is 62.5 cm³/mol. The van der Waals surface area contributed by atoms with Crippen molar-refractivity contribution < 1.29 is 0 Å². The zero-order chi connectivity index (χ0) is 9.68. The molecule has 1 heterocycles. The first-order valence-corrected chi connectivity index (χ1v) is 6.66. The molecule has 1 aliphatic heterocycles. The van der Waals surface area contributed by atoms with E-state index in [-0.39, 0.29) is 0 Å². The largest absolute Gasteiger partial charge is 0.300 e. The van der Waals surface area contributed by atoms with E-state index in [1.807, 2.05) is 0 Å². The monoisotopic (exact) mass is 247 g/mol. The standard InChI is InChI=1S/C11H22BrN/c1-10(2)9-13-8-4-3-5-11(13)6-7-12/h10-11H,3-9H2,1-2H3. The lowest BCUT2D eigenvalue weighted by Gasteiger charge is -2.36. The SMILES string of the molecule is CC(C)CN1CCCCC1CCBr. The van der Waals surface area contributed by atoms with Crippen LogP contribution in [0.1, 0.15) is 39.5 Å². The second kappa shape index (κ2) is 6.02. The summed E-state index contributed by atoms with van der Waals surface area (Å²) in [5.74, 6) is 0.816. The molecule has 1 nitrogen and oxygen atoms in total. The fraction of sp³-hybridized carbons (Fsp3) is 1.00. The van der Waals surface area contributed by atoms with Gasteiger partial charge in [0, 0.05) is 17.9 Å². The maximum atomic E-state index is 3.55. The highest BCUT2D eigenvalue weighted by Crippen LogP contribution is 2.21. The Morgan fingerprint density at radius 2 is 2.15 bits per heavy atom. The van der Waals surface area contributed by atoms with Crippen molar-refractivity contribution >= 4 is 15.9 Å². The van der Waals surface area contributed by atoms with E-state index >= 15 is 0 Å². The molecule has 1 unspecified atom stereocenters. The highest BCUT2D eigenvalue weighted by Gasteiger charge is 2.21. The molecule has 0 amide bonds. The average molecular weight is 248 g/mol. The van der Waals surface area contributed by atoms with Gasteiger partial charge in [-0.3, -0.25) is 0 Å². The number of piperidine rings is 1. The number of hydrogen-bond acceptors (Lipinski definition) is 1. The van der Waals surface area contributed by atoms with E-state index in [1.165, 1.54) is 38.8 Å². The van der Waals surface area contributed by atoms with Crippen LogP contribution in [0.2, 0.25) is 0 Å². The molecule has 78 valence electrons. The Hall–Kier alpha value is 0.440. The number of likely N-dealkylation sites (tertiary alicyclic amines) is 1. The van der Waals surface area contributed by atoms with Crippen LogP contribution < -0.4 is 0 Å². The molecule has 13 heavy (non-hydrogen) atoms. The van der Waals surface area contributed by atoms with Gasteiger partial charge >= 0.3 is 0 Å².